The lowest BCUT2D eigenvalue weighted by Crippen LogP contribution is -2.47. The number of carbonyl (C=O) groups is 2. The summed E-state index contributed by atoms with van der Waals surface area (Å²) in [5.74, 6) is -1.97. The summed E-state index contributed by atoms with van der Waals surface area (Å²) >= 11 is 0. The molecule has 3 rings (SSSR count). The number of nitrogens with one attached hydrogen (secondary N) is 1. The minimum Gasteiger partial charge on any atom is -0.362 e. The van der Waals surface area contributed by atoms with Gasteiger partial charge in [-0.1, -0.05) is 17.7 Å². The minimum atomic E-state index is -5.21. The lowest BCUT2D eigenvalue weighted by molar-refractivity contribution is -0.235. The number of hydrogen-bond donors (Lipinski definition) is 1. The summed E-state index contributed by atoms with van der Waals surface area (Å²) in [6.07, 6.45) is -1.76. The Morgan fingerprint density at radius 3 is 2.24 bits per heavy atom. The van der Waals surface area contributed by atoms with Gasteiger partial charge in [-0.15, -0.1) is 0 Å². The highest BCUT2D eigenvalue weighted by molar-refractivity contribution is 5.94. The molecule has 184 valence electrons. The van der Waals surface area contributed by atoms with E-state index in [1.807, 2.05) is 32.8 Å². The van der Waals surface area contributed by atoms with E-state index in [1.165, 1.54) is 12.1 Å². The van der Waals surface area contributed by atoms with Crippen LogP contribution in [0.15, 0.2) is 30.5 Å². The number of halogens is 3. The van der Waals surface area contributed by atoms with Gasteiger partial charge in [-0.05, 0) is 51.7 Å². The van der Waals surface area contributed by atoms with Crippen LogP contribution in [0.2, 0.25) is 0 Å². The third kappa shape index (κ3) is 6.15. The number of nitrogens with zero attached hydrogens (tertiary/aromatic N) is 4. The molecule has 0 radical (unpaired) electrons. The summed E-state index contributed by atoms with van der Waals surface area (Å²) in [7, 11) is 3.76. The number of benzene rings is 1. The van der Waals surface area contributed by atoms with E-state index >= 15 is 0 Å². The summed E-state index contributed by atoms with van der Waals surface area (Å²) in [5, 5.41) is 3.84. The van der Waals surface area contributed by atoms with Crippen LogP contribution in [0.5, 0.6) is 0 Å². The van der Waals surface area contributed by atoms with E-state index in [1.54, 1.807) is 18.3 Å². The molecule has 0 aliphatic heterocycles. The van der Waals surface area contributed by atoms with Crippen molar-refractivity contribution in [2.24, 2.45) is 0 Å². The van der Waals surface area contributed by atoms with Gasteiger partial charge in [0.2, 0.25) is 5.95 Å². The first-order valence-electron chi connectivity index (χ1n) is 10.9. The number of anilines is 2. The van der Waals surface area contributed by atoms with Crippen LogP contribution < -0.4 is 10.2 Å². The number of amides is 1. The van der Waals surface area contributed by atoms with Crippen molar-refractivity contribution in [1.29, 1.82) is 0 Å². The molecule has 1 aromatic carbocycles. The molecule has 0 bridgehead atoms. The average Bonchev–Trinajstić information content (AvgIpc) is 2.78. The second-order valence-corrected chi connectivity index (χ2v) is 8.62. The minimum absolute atomic E-state index is 0.0383. The van der Waals surface area contributed by atoms with Gasteiger partial charge in [0.05, 0.1) is 6.04 Å². The van der Waals surface area contributed by atoms with E-state index < -0.39 is 24.1 Å². The third-order valence-corrected chi connectivity index (χ3v) is 5.64. The standard InChI is InChI=1S/C23H28F3N5O3/c1-14-5-7-16(8-6-14)20(32)31(34-21(33)23(24,25)26)18-11-9-17(10-12-18)28-22-27-13-15(2)19(29-22)30(3)4/h5-8,13,17-18H,9-12H2,1-4H3,(H,27,28,29). The van der Waals surface area contributed by atoms with E-state index in [9.17, 15) is 22.8 Å². The smallest absolute Gasteiger partial charge is 0.362 e. The molecule has 1 aromatic heterocycles. The van der Waals surface area contributed by atoms with E-state index in [4.69, 9.17) is 0 Å². The normalized spacial score (nSPS) is 18.2. The summed E-state index contributed by atoms with van der Waals surface area (Å²) in [5.41, 5.74) is 1.96. The van der Waals surface area contributed by atoms with Crippen LogP contribution in [0.25, 0.3) is 0 Å². The Morgan fingerprint density at radius 2 is 1.68 bits per heavy atom. The number of alkyl halides is 3. The molecule has 0 spiro atoms. The molecule has 1 N–H and O–H groups in total. The highest BCUT2D eigenvalue weighted by atomic mass is 19.4. The molecule has 1 aliphatic carbocycles. The highest BCUT2D eigenvalue weighted by Gasteiger charge is 2.45. The second-order valence-electron chi connectivity index (χ2n) is 8.62. The predicted molar refractivity (Wildman–Crippen MR) is 120 cm³/mol. The molecule has 2 aromatic rings. The SMILES string of the molecule is Cc1ccc(C(=O)N(OC(=O)C(F)(F)F)C2CCC(Nc3ncc(C)c(N(C)C)n3)CC2)cc1. The van der Waals surface area contributed by atoms with Crippen molar-refractivity contribution < 1.29 is 27.6 Å². The molecule has 1 aliphatic rings. The van der Waals surface area contributed by atoms with Crippen LogP contribution in [0, 0.1) is 13.8 Å². The molecule has 1 amide bonds. The Balaban J connectivity index is 1.71. The lowest BCUT2D eigenvalue weighted by atomic mass is 9.90. The molecule has 34 heavy (non-hydrogen) atoms. The van der Waals surface area contributed by atoms with Crippen LogP contribution in [0.4, 0.5) is 24.9 Å². The summed E-state index contributed by atoms with van der Waals surface area (Å²) < 4.78 is 38.6. The zero-order valence-corrected chi connectivity index (χ0v) is 19.5. The Labute approximate surface area is 196 Å². The van der Waals surface area contributed by atoms with Gasteiger partial charge in [-0.3, -0.25) is 4.79 Å². The summed E-state index contributed by atoms with van der Waals surface area (Å²) in [6.45, 7) is 3.73. The number of hydroxylamine groups is 2. The quantitative estimate of drug-likeness (QED) is 0.648. The van der Waals surface area contributed by atoms with Crippen molar-refractivity contribution in [2.75, 3.05) is 24.3 Å². The van der Waals surface area contributed by atoms with Gasteiger partial charge in [0.1, 0.15) is 5.82 Å². The fourth-order valence-corrected chi connectivity index (χ4v) is 3.84. The van der Waals surface area contributed by atoms with Gasteiger partial charge in [-0.2, -0.15) is 23.2 Å². The number of aromatic nitrogens is 2. The first kappa shape index (κ1) is 25.3. The van der Waals surface area contributed by atoms with Crippen LogP contribution in [0.3, 0.4) is 0 Å². The molecule has 1 fully saturated rings. The van der Waals surface area contributed by atoms with Gasteiger partial charge >= 0.3 is 12.1 Å². The fourth-order valence-electron chi connectivity index (χ4n) is 3.84. The van der Waals surface area contributed by atoms with Crippen LogP contribution >= 0.6 is 0 Å². The summed E-state index contributed by atoms with van der Waals surface area (Å²) in [6, 6.07) is 5.60. The van der Waals surface area contributed by atoms with Crippen LogP contribution in [-0.2, 0) is 9.63 Å². The van der Waals surface area contributed by atoms with Gasteiger partial charge in [0.15, 0.2) is 0 Å². The van der Waals surface area contributed by atoms with Crippen LogP contribution in [0.1, 0.15) is 47.2 Å². The zero-order valence-electron chi connectivity index (χ0n) is 19.5. The van der Waals surface area contributed by atoms with E-state index in [-0.39, 0.29) is 11.6 Å². The third-order valence-electron chi connectivity index (χ3n) is 5.64. The van der Waals surface area contributed by atoms with E-state index in [0.29, 0.717) is 36.7 Å². The molecule has 1 saturated carbocycles. The molecular weight excluding hydrogens is 451 g/mol. The average molecular weight is 480 g/mol. The van der Waals surface area contributed by atoms with Crippen LogP contribution in [-0.4, -0.2) is 59.3 Å². The summed E-state index contributed by atoms with van der Waals surface area (Å²) in [4.78, 5) is 39.8. The molecule has 0 atom stereocenters. The number of hydrogen-bond acceptors (Lipinski definition) is 7. The first-order valence-corrected chi connectivity index (χ1v) is 10.9. The number of rotatable bonds is 5. The predicted octanol–water partition coefficient (Wildman–Crippen LogP) is 4.05. The van der Waals surface area contributed by atoms with Gasteiger partial charge < -0.3 is 15.1 Å². The second kappa shape index (κ2) is 10.3. The Hall–Kier alpha value is -3.37. The van der Waals surface area contributed by atoms with Crippen molar-refractivity contribution in [1.82, 2.24) is 15.0 Å². The monoisotopic (exact) mass is 479 g/mol. The molecule has 8 nitrogen and oxygen atoms in total. The maximum absolute atomic E-state index is 13.0. The van der Waals surface area contributed by atoms with Gasteiger partial charge in [0.25, 0.3) is 5.91 Å². The maximum Gasteiger partial charge on any atom is 0.493 e. The number of aryl methyl sites for hydroxylation is 2. The van der Waals surface area contributed by atoms with E-state index in [0.717, 1.165) is 16.9 Å². The molecular formula is C23H28F3N5O3. The van der Waals surface area contributed by atoms with Crippen molar-refractivity contribution >= 4 is 23.6 Å². The fraction of sp³-hybridized carbons (Fsp3) is 0.478. The first-order chi connectivity index (χ1) is 16.0. The van der Waals surface area contributed by atoms with Crippen molar-refractivity contribution in [3.63, 3.8) is 0 Å². The number of carbonyl (C=O) groups excluding carboxylic acids is 2. The van der Waals surface area contributed by atoms with Crippen molar-refractivity contribution in [3.8, 4) is 0 Å². The van der Waals surface area contributed by atoms with Crippen molar-refractivity contribution in [2.45, 2.75) is 57.8 Å². The Kier molecular flexibility index (Phi) is 7.63. The Morgan fingerprint density at radius 1 is 1.06 bits per heavy atom. The largest absolute Gasteiger partial charge is 0.493 e. The lowest BCUT2D eigenvalue weighted by Gasteiger charge is -2.35. The van der Waals surface area contributed by atoms with E-state index in [2.05, 4.69) is 20.1 Å². The zero-order chi connectivity index (χ0) is 25.0. The van der Waals surface area contributed by atoms with Gasteiger partial charge in [0, 0.05) is 37.5 Å². The molecule has 1 heterocycles. The molecule has 11 heteroatoms. The Bertz CT molecular complexity index is 1020. The highest BCUT2D eigenvalue weighted by Crippen LogP contribution is 2.29. The van der Waals surface area contributed by atoms with Crippen molar-refractivity contribution in [3.05, 3.63) is 47.2 Å². The molecule has 0 saturated heterocycles. The maximum atomic E-state index is 13.0. The van der Waals surface area contributed by atoms with Gasteiger partial charge in [-0.25, -0.2) is 9.78 Å². The molecule has 0 unspecified atom stereocenters. The topological polar surface area (TPSA) is 87.7 Å².